The van der Waals surface area contributed by atoms with Crippen LogP contribution in [0.25, 0.3) is 6.08 Å². The smallest absolute Gasteiger partial charge is 0.349 e. The van der Waals surface area contributed by atoms with Crippen LogP contribution in [0.2, 0.25) is 5.02 Å². The Morgan fingerprint density at radius 1 is 0.957 bits per heavy atom. The summed E-state index contributed by atoms with van der Waals surface area (Å²) in [7, 11) is -2.52. The third kappa shape index (κ3) is 17.1. The molecule has 3 aromatic rings. The van der Waals surface area contributed by atoms with Crippen molar-refractivity contribution in [2.75, 3.05) is 60.5 Å². The number of ether oxygens (including phenoxy) is 3. The summed E-state index contributed by atoms with van der Waals surface area (Å²) in [6.07, 6.45) is 5.60. The summed E-state index contributed by atoms with van der Waals surface area (Å²) in [5.41, 5.74) is 6.00. The maximum absolute atomic E-state index is 12.7. The Morgan fingerprint density at radius 2 is 1.56 bits per heavy atom. The number of fused-ring (bicyclic) bond motifs is 1. The minimum Gasteiger partial charge on any atom is -0.489 e. The van der Waals surface area contributed by atoms with E-state index in [9.17, 15) is 33.3 Å². The molecule has 0 radical (unpaired) electrons. The molecule has 0 bridgehead atoms. The maximum Gasteiger partial charge on any atom is 0.349 e. The van der Waals surface area contributed by atoms with E-state index in [1.54, 1.807) is 42.0 Å². The van der Waals surface area contributed by atoms with E-state index in [0.717, 1.165) is 48.2 Å². The number of carboxylic acid groups (broad SMARTS) is 1. The molecule has 0 saturated carbocycles. The Labute approximate surface area is 431 Å². The van der Waals surface area contributed by atoms with Crippen LogP contribution in [0.15, 0.2) is 76.8 Å². The van der Waals surface area contributed by atoms with Crippen LogP contribution in [0.5, 0.6) is 5.75 Å². The highest BCUT2D eigenvalue weighted by atomic mass is 35.5. The maximum atomic E-state index is 12.7. The van der Waals surface area contributed by atoms with Crippen molar-refractivity contribution >= 4 is 124 Å². The zero-order valence-electron chi connectivity index (χ0n) is 39.1. The summed E-state index contributed by atoms with van der Waals surface area (Å²) in [4.78, 5) is 90.3. The van der Waals surface area contributed by atoms with E-state index in [1.165, 1.54) is 11.0 Å². The Balaban J connectivity index is 0.000000261. The largest absolute Gasteiger partial charge is 0.489 e. The third-order valence-electron chi connectivity index (χ3n) is 10.4. The Bertz CT molecular complexity index is 2420. The van der Waals surface area contributed by atoms with Crippen molar-refractivity contribution in [1.29, 1.82) is 0 Å². The molecule has 0 aromatic heterocycles. The van der Waals surface area contributed by atoms with Crippen LogP contribution < -0.4 is 24.8 Å². The van der Waals surface area contributed by atoms with Crippen LogP contribution in [-0.2, 0) is 55.6 Å². The highest BCUT2D eigenvalue weighted by molar-refractivity contribution is 7.51. The normalized spacial score (nSPS) is 15.3. The number of hydrogen-bond acceptors (Lipinski definition) is 11. The number of imide groups is 1. The lowest BCUT2D eigenvalue weighted by atomic mass is 9.93. The first-order valence-electron chi connectivity index (χ1n) is 21.9. The Hall–Kier alpha value is -4.52. The van der Waals surface area contributed by atoms with Crippen molar-refractivity contribution in [3.05, 3.63) is 98.6 Å². The monoisotopic (exact) mass is 1090 g/mol. The number of methoxy groups -OCH3 is 1. The minimum absolute atomic E-state index is 0.0371. The Kier molecular flexibility index (Phi) is 24.9. The fourth-order valence-electron chi connectivity index (χ4n) is 7.22. The fourth-order valence-corrected chi connectivity index (χ4v) is 8.33. The molecule has 23 heteroatoms. The second-order valence-corrected chi connectivity index (χ2v) is 19.1. The first kappa shape index (κ1) is 59.8. The lowest BCUT2D eigenvalue weighted by Crippen LogP contribution is -2.47. The van der Waals surface area contributed by atoms with Gasteiger partial charge < -0.3 is 34.0 Å². The van der Waals surface area contributed by atoms with Gasteiger partial charge >= 0.3 is 19.5 Å². The zero-order chi connectivity index (χ0) is 52.3. The lowest BCUT2D eigenvalue weighted by Gasteiger charge is -2.35. The van der Waals surface area contributed by atoms with Crippen molar-refractivity contribution < 1.29 is 62.4 Å². The number of nitrogens with zero attached hydrogens (tertiary/aromatic N) is 3. The van der Waals surface area contributed by atoms with Gasteiger partial charge in [-0.2, -0.15) is 0 Å². The number of anilines is 3. The standard InChI is InChI=1S/C19H17Cl2NO4.C14H20ClNO2.C11H11Cl2NO2.C3H8NO5P/c1-2-26-19(25)16(21)10-11-9-12(7-8-15(11)20)22-17(23)13-5-3-4-6-14(13)18(22)24;1-4-11-7-6-8-12(5-2)14(11)16(10-18-3)13(17)9-15;1-7-6-16-9-5-3-2-4-8(9)14(7)11(15)10(12)13;5-3(6)1-4-2-10(7,8)9/h7-10H,2-6H2,1H3;6-8H,4-5,9-10H2,1-3H3;2-5,7,10H,6H2,1H3;4H,1-2H2,(H,5,6)(H2,7,8,9)/b16-10-;;;. The molecule has 70 heavy (non-hydrogen) atoms. The van der Waals surface area contributed by atoms with Crippen LogP contribution >= 0.6 is 65.6 Å². The van der Waals surface area contributed by atoms with Gasteiger partial charge in [0.1, 0.15) is 30.0 Å². The van der Waals surface area contributed by atoms with E-state index < -0.39 is 37.2 Å². The average Bonchev–Trinajstić information content (AvgIpc) is 3.59. The summed E-state index contributed by atoms with van der Waals surface area (Å²) in [5, 5.41) is 10.3. The summed E-state index contributed by atoms with van der Waals surface area (Å²) in [6, 6.07) is 18.1. The number of amides is 4. The number of carbonyl (C=O) groups is 6. The molecule has 1 atom stereocenters. The lowest BCUT2D eigenvalue weighted by molar-refractivity contribution is -0.138. The minimum atomic E-state index is -4.10. The molecule has 0 spiro atoms. The Morgan fingerprint density at radius 3 is 2.07 bits per heavy atom. The van der Waals surface area contributed by atoms with E-state index in [1.807, 2.05) is 49.4 Å². The van der Waals surface area contributed by atoms with Gasteiger partial charge in [-0.3, -0.25) is 38.8 Å². The van der Waals surface area contributed by atoms with Gasteiger partial charge in [0.2, 0.25) is 5.91 Å². The number of rotatable bonds is 15. The van der Waals surface area contributed by atoms with Gasteiger partial charge in [0, 0.05) is 23.3 Å². The van der Waals surface area contributed by atoms with Crippen LogP contribution in [0.1, 0.15) is 70.1 Å². The molecule has 4 N–H and O–H groups in total. The summed E-state index contributed by atoms with van der Waals surface area (Å²) >= 11 is 29.1. The number of carboxylic acids is 1. The number of carbonyl (C=O) groups excluding carboxylic acids is 5. The molecule has 6 rings (SSSR count). The second kappa shape index (κ2) is 29.1. The predicted octanol–water partition coefficient (Wildman–Crippen LogP) is 8.61. The summed E-state index contributed by atoms with van der Waals surface area (Å²) < 4.78 is 25.5. The molecule has 1 aliphatic carbocycles. The molecular formula is C47H56Cl5N4O13P. The second-order valence-electron chi connectivity index (χ2n) is 15.3. The molecule has 3 aromatic carbocycles. The van der Waals surface area contributed by atoms with Gasteiger partial charge in [0.05, 0.1) is 42.5 Å². The van der Waals surface area contributed by atoms with Crippen molar-refractivity contribution in [3.8, 4) is 5.75 Å². The molecule has 0 saturated heterocycles. The van der Waals surface area contributed by atoms with Crippen LogP contribution in [0, 0.1) is 0 Å². The zero-order valence-corrected chi connectivity index (χ0v) is 43.8. The molecular weight excluding hydrogens is 1040 g/mol. The number of halogens is 5. The first-order valence-corrected chi connectivity index (χ1v) is 25.8. The number of aliphatic carboxylic acids is 1. The number of alkyl halides is 3. The number of para-hydroxylation sites is 3. The molecule has 3 aliphatic rings. The van der Waals surface area contributed by atoms with E-state index in [4.69, 9.17) is 87.1 Å². The molecule has 2 heterocycles. The molecule has 0 fully saturated rings. The van der Waals surface area contributed by atoms with Crippen molar-refractivity contribution in [3.63, 3.8) is 0 Å². The molecule has 382 valence electrons. The first-order chi connectivity index (χ1) is 33.1. The summed E-state index contributed by atoms with van der Waals surface area (Å²) in [6.45, 7) is 8.16. The number of hydrogen-bond donors (Lipinski definition) is 4. The van der Waals surface area contributed by atoms with E-state index >= 15 is 0 Å². The predicted molar refractivity (Wildman–Crippen MR) is 272 cm³/mol. The van der Waals surface area contributed by atoms with Crippen LogP contribution in [-0.4, -0.2) is 107 Å². The van der Waals surface area contributed by atoms with Crippen LogP contribution in [0.3, 0.4) is 0 Å². The molecule has 2 aliphatic heterocycles. The van der Waals surface area contributed by atoms with Gasteiger partial charge in [-0.25, -0.2) is 9.69 Å². The van der Waals surface area contributed by atoms with E-state index in [2.05, 4.69) is 19.2 Å². The molecule has 1 unspecified atom stereocenters. The number of esters is 1. The van der Waals surface area contributed by atoms with Gasteiger partial charge in [-0.1, -0.05) is 90.6 Å². The molecule has 4 amide bonds. The van der Waals surface area contributed by atoms with E-state index in [-0.39, 0.29) is 53.9 Å². The molecule has 17 nitrogen and oxygen atoms in total. The summed E-state index contributed by atoms with van der Waals surface area (Å²) in [5.74, 6) is -2.17. The van der Waals surface area contributed by atoms with Crippen LogP contribution in [0.4, 0.5) is 17.1 Å². The van der Waals surface area contributed by atoms with E-state index in [0.29, 0.717) is 52.6 Å². The van der Waals surface area contributed by atoms with Crippen molar-refractivity contribution in [2.45, 2.75) is 77.1 Å². The number of nitrogens with one attached hydrogen (secondary N) is 1. The van der Waals surface area contributed by atoms with Gasteiger partial charge in [0.15, 0.2) is 4.84 Å². The highest BCUT2D eigenvalue weighted by Gasteiger charge is 2.40. The number of benzene rings is 3. The van der Waals surface area contributed by atoms with Gasteiger partial charge in [0.25, 0.3) is 17.7 Å². The third-order valence-corrected chi connectivity index (χ3v) is 12.2. The SMILES string of the molecule is CC1COc2ccccc2N1C(=O)C(Cl)Cl.CCOC(=O)/C(Cl)=C/c1cc(N2C(=O)C3=C(CCCC3)C2=O)ccc1Cl.CCc1cccc(CC)c1N(COC)C(=O)CCl.O=C(O)CNCP(=O)(O)O. The van der Waals surface area contributed by atoms with Gasteiger partial charge in [-0.05, 0) is 105 Å². The highest BCUT2D eigenvalue weighted by Crippen LogP contribution is 2.38. The number of aryl methyl sites for hydroxylation is 2. The topological polar surface area (TPSA) is 230 Å². The quantitative estimate of drug-likeness (QED) is 0.0279. The average molecular weight is 1090 g/mol. The van der Waals surface area contributed by atoms with Crippen molar-refractivity contribution in [1.82, 2.24) is 5.32 Å². The van der Waals surface area contributed by atoms with Gasteiger partial charge in [-0.15, -0.1) is 11.6 Å². The van der Waals surface area contributed by atoms with Crippen molar-refractivity contribution in [2.24, 2.45) is 0 Å². The fraction of sp³-hybridized carbons (Fsp3) is 0.404.